The van der Waals surface area contributed by atoms with Gasteiger partial charge in [0.25, 0.3) is 0 Å². The van der Waals surface area contributed by atoms with Crippen LogP contribution < -0.4 is 5.32 Å². The van der Waals surface area contributed by atoms with E-state index in [1.165, 1.54) is 36.0 Å². The minimum atomic E-state index is 0.279. The molecule has 110 valence electrons. The molecule has 0 radical (unpaired) electrons. The highest BCUT2D eigenvalue weighted by Gasteiger charge is 2.42. The smallest absolute Gasteiger partial charge is 0.0619 e. The SMILES string of the molecule is Cc1ccc(C)c(CC2(CNC3CC3)CCOC2C)c1. The first-order valence-corrected chi connectivity index (χ1v) is 8.00. The summed E-state index contributed by atoms with van der Waals surface area (Å²) in [5.41, 5.74) is 4.56. The lowest BCUT2D eigenvalue weighted by atomic mass is 9.75. The average molecular weight is 273 g/mol. The van der Waals surface area contributed by atoms with E-state index in [4.69, 9.17) is 4.74 Å². The maximum atomic E-state index is 5.92. The third kappa shape index (κ3) is 2.91. The van der Waals surface area contributed by atoms with E-state index in [2.05, 4.69) is 44.3 Å². The van der Waals surface area contributed by atoms with E-state index in [1.54, 1.807) is 0 Å². The number of nitrogens with one attached hydrogen (secondary N) is 1. The predicted octanol–water partition coefficient (Wildman–Crippen LogP) is 3.39. The molecule has 1 saturated carbocycles. The van der Waals surface area contributed by atoms with Gasteiger partial charge < -0.3 is 10.1 Å². The average Bonchev–Trinajstić information content (AvgIpc) is 3.18. The van der Waals surface area contributed by atoms with Crippen molar-refractivity contribution < 1.29 is 4.74 Å². The standard InChI is InChI=1S/C18H27NO/c1-13-4-5-14(2)16(10-13)11-18(8-9-20-15(18)3)12-19-17-6-7-17/h4-5,10,15,17,19H,6-9,11-12H2,1-3H3. The third-order valence-corrected chi connectivity index (χ3v) is 5.20. The minimum absolute atomic E-state index is 0.279. The highest BCUT2D eigenvalue weighted by Crippen LogP contribution is 2.39. The van der Waals surface area contributed by atoms with Crippen molar-refractivity contribution in [2.24, 2.45) is 5.41 Å². The molecule has 0 aromatic heterocycles. The first kappa shape index (κ1) is 14.1. The fraction of sp³-hybridized carbons (Fsp3) is 0.667. The Kier molecular flexibility index (Phi) is 3.87. The van der Waals surface area contributed by atoms with Crippen LogP contribution in [0.3, 0.4) is 0 Å². The summed E-state index contributed by atoms with van der Waals surface area (Å²) in [6, 6.07) is 7.60. The summed E-state index contributed by atoms with van der Waals surface area (Å²) < 4.78 is 5.92. The van der Waals surface area contributed by atoms with Crippen molar-refractivity contribution in [1.29, 1.82) is 0 Å². The van der Waals surface area contributed by atoms with Gasteiger partial charge in [-0.15, -0.1) is 0 Å². The summed E-state index contributed by atoms with van der Waals surface area (Å²) in [5.74, 6) is 0. The Labute approximate surface area is 122 Å². The Morgan fingerprint density at radius 2 is 2.10 bits per heavy atom. The number of rotatable bonds is 5. The third-order valence-electron chi connectivity index (χ3n) is 5.20. The summed E-state index contributed by atoms with van der Waals surface area (Å²) in [5, 5.41) is 3.74. The molecule has 1 aliphatic carbocycles. The Bertz CT molecular complexity index is 480. The molecule has 2 atom stereocenters. The normalized spacial score (nSPS) is 29.9. The molecule has 1 aromatic rings. The van der Waals surface area contributed by atoms with Crippen LogP contribution in [0.4, 0.5) is 0 Å². The molecule has 0 amide bonds. The van der Waals surface area contributed by atoms with Crippen LogP contribution in [-0.4, -0.2) is 25.3 Å². The Morgan fingerprint density at radius 3 is 2.75 bits per heavy atom. The summed E-state index contributed by atoms with van der Waals surface area (Å²) in [6.45, 7) is 8.70. The van der Waals surface area contributed by atoms with E-state index in [9.17, 15) is 0 Å². The summed E-state index contributed by atoms with van der Waals surface area (Å²) >= 11 is 0. The maximum absolute atomic E-state index is 5.92. The fourth-order valence-electron chi connectivity index (χ4n) is 3.35. The Balaban J connectivity index is 1.79. The van der Waals surface area contributed by atoms with E-state index in [0.717, 1.165) is 25.6 Å². The van der Waals surface area contributed by atoms with Crippen LogP contribution in [0.1, 0.15) is 42.9 Å². The molecule has 2 aliphatic rings. The molecule has 1 aliphatic heterocycles. The molecule has 1 aromatic carbocycles. The van der Waals surface area contributed by atoms with E-state index in [0.29, 0.717) is 6.10 Å². The molecule has 20 heavy (non-hydrogen) atoms. The second-order valence-electron chi connectivity index (χ2n) is 6.89. The molecule has 2 fully saturated rings. The van der Waals surface area contributed by atoms with Gasteiger partial charge in [-0.05, 0) is 57.6 Å². The molecule has 0 spiro atoms. The second kappa shape index (κ2) is 5.50. The molecular formula is C18H27NO. The van der Waals surface area contributed by atoms with Crippen LogP contribution >= 0.6 is 0 Å². The second-order valence-corrected chi connectivity index (χ2v) is 6.89. The zero-order chi connectivity index (χ0) is 14.2. The van der Waals surface area contributed by atoms with Crippen molar-refractivity contribution in [2.75, 3.05) is 13.2 Å². The van der Waals surface area contributed by atoms with E-state index >= 15 is 0 Å². The molecule has 3 rings (SSSR count). The first-order valence-electron chi connectivity index (χ1n) is 8.00. The molecule has 1 saturated heterocycles. The molecule has 1 N–H and O–H groups in total. The molecule has 2 heteroatoms. The maximum Gasteiger partial charge on any atom is 0.0619 e. The van der Waals surface area contributed by atoms with Crippen LogP contribution in [0.15, 0.2) is 18.2 Å². The van der Waals surface area contributed by atoms with Gasteiger partial charge in [-0.1, -0.05) is 23.8 Å². The zero-order valence-electron chi connectivity index (χ0n) is 13.0. The van der Waals surface area contributed by atoms with E-state index in [-0.39, 0.29) is 5.41 Å². The summed E-state index contributed by atoms with van der Waals surface area (Å²) in [6.07, 6.45) is 5.39. The number of benzene rings is 1. The van der Waals surface area contributed by atoms with Crippen LogP contribution in [0.2, 0.25) is 0 Å². The van der Waals surface area contributed by atoms with E-state index in [1.807, 2.05) is 0 Å². The molecule has 0 bridgehead atoms. The fourth-order valence-corrected chi connectivity index (χ4v) is 3.35. The first-order chi connectivity index (χ1) is 9.59. The van der Waals surface area contributed by atoms with Gasteiger partial charge in [-0.25, -0.2) is 0 Å². The van der Waals surface area contributed by atoms with Crippen molar-refractivity contribution in [3.63, 3.8) is 0 Å². The van der Waals surface area contributed by atoms with Gasteiger partial charge in [0.2, 0.25) is 0 Å². The van der Waals surface area contributed by atoms with Crippen molar-refractivity contribution >= 4 is 0 Å². The highest BCUT2D eigenvalue weighted by molar-refractivity contribution is 5.32. The summed E-state index contributed by atoms with van der Waals surface area (Å²) in [7, 11) is 0. The largest absolute Gasteiger partial charge is 0.378 e. The molecule has 2 nitrogen and oxygen atoms in total. The lowest BCUT2D eigenvalue weighted by Crippen LogP contribution is -2.42. The topological polar surface area (TPSA) is 21.3 Å². The van der Waals surface area contributed by atoms with Gasteiger partial charge in [0.15, 0.2) is 0 Å². The van der Waals surface area contributed by atoms with Gasteiger partial charge in [-0.3, -0.25) is 0 Å². The van der Waals surface area contributed by atoms with Gasteiger partial charge in [0.05, 0.1) is 6.10 Å². The molecule has 1 heterocycles. The molecular weight excluding hydrogens is 246 g/mol. The van der Waals surface area contributed by atoms with Crippen molar-refractivity contribution in [3.8, 4) is 0 Å². The Hall–Kier alpha value is -0.860. The van der Waals surface area contributed by atoms with Gasteiger partial charge >= 0.3 is 0 Å². The number of ether oxygens (including phenoxy) is 1. The number of aryl methyl sites for hydroxylation is 2. The Morgan fingerprint density at radius 1 is 1.30 bits per heavy atom. The molecule has 2 unspecified atom stereocenters. The van der Waals surface area contributed by atoms with Crippen LogP contribution in [-0.2, 0) is 11.2 Å². The number of hydrogen-bond acceptors (Lipinski definition) is 2. The predicted molar refractivity (Wildman–Crippen MR) is 83.1 cm³/mol. The van der Waals surface area contributed by atoms with Crippen molar-refractivity contribution in [3.05, 3.63) is 34.9 Å². The monoisotopic (exact) mass is 273 g/mol. The van der Waals surface area contributed by atoms with Crippen LogP contribution in [0, 0.1) is 19.3 Å². The van der Waals surface area contributed by atoms with Crippen LogP contribution in [0.5, 0.6) is 0 Å². The lowest BCUT2D eigenvalue weighted by molar-refractivity contribution is 0.0627. The van der Waals surface area contributed by atoms with E-state index < -0.39 is 0 Å². The van der Waals surface area contributed by atoms with Crippen LogP contribution in [0.25, 0.3) is 0 Å². The number of hydrogen-bond donors (Lipinski definition) is 1. The lowest BCUT2D eigenvalue weighted by Gasteiger charge is -2.33. The quantitative estimate of drug-likeness (QED) is 0.888. The van der Waals surface area contributed by atoms with Crippen molar-refractivity contribution in [2.45, 2.75) is 58.6 Å². The minimum Gasteiger partial charge on any atom is -0.378 e. The zero-order valence-corrected chi connectivity index (χ0v) is 13.0. The summed E-state index contributed by atoms with van der Waals surface area (Å²) in [4.78, 5) is 0. The van der Waals surface area contributed by atoms with Gasteiger partial charge in [0, 0.05) is 24.6 Å². The van der Waals surface area contributed by atoms with Crippen molar-refractivity contribution in [1.82, 2.24) is 5.32 Å². The highest BCUT2D eigenvalue weighted by atomic mass is 16.5. The van der Waals surface area contributed by atoms with Gasteiger partial charge in [0.1, 0.15) is 0 Å². The van der Waals surface area contributed by atoms with Gasteiger partial charge in [-0.2, -0.15) is 0 Å².